The van der Waals surface area contributed by atoms with Crippen molar-refractivity contribution in [1.82, 2.24) is 10.2 Å². The van der Waals surface area contributed by atoms with E-state index in [4.69, 9.17) is 5.73 Å². The van der Waals surface area contributed by atoms with Crippen LogP contribution in [0.4, 0.5) is 0 Å². The number of nitrogens with two attached hydrogens (primary N) is 1. The van der Waals surface area contributed by atoms with Crippen LogP contribution in [-0.2, 0) is 11.2 Å². The Labute approximate surface area is 128 Å². The molecular formula is C15H26ClN3O. The second-order valence-electron chi connectivity index (χ2n) is 4.65. The SMILES string of the molecule is CCCNC(=O)CN(CCN)CCc1ccccc1.Cl. The Morgan fingerprint density at radius 3 is 2.55 bits per heavy atom. The van der Waals surface area contributed by atoms with Gasteiger partial charge in [-0.05, 0) is 18.4 Å². The van der Waals surface area contributed by atoms with Gasteiger partial charge in [0.15, 0.2) is 0 Å². The number of rotatable bonds is 9. The lowest BCUT2D eigenvalue weighted by molar-refractivity contribution is -0.122. The van der Waals surface area contributed by atoms with Crippen LogP contribution in [0.15, 0.2) is 30.3 Å². The number of hydrogen-bond acceptors (Lipinski definition) is 3. The first-order chi connectivity index (χ1) is 9.26. The van der Waals surface area contributed by atoms with Crippen LogP contribution in [0.3, 0.4) is 0 Å². The third-order valence-corrected chi connectivity index (χ3v) is 2.94. The standard InChI is InChI=1S/C15H25N3O.ClH/c1-2-10-17-15(19)13-18(12-9-16)11-8-14-6-4-3-5-7-14;/h3-7H,2,8-13,16H2,1H3,(H,17,19);1H. The molecule has 4 nitrogen and oxygen atoms in total. The van der Waals surface area contributed by atoms with Gasteiger partial charge in [0.25, 0.3) is 0 Å². The predicted octanol–water partition coefficient (Wildman–Crippen LogP) is 1.44. The lowest BCUT2D eigenvalue weighted by atomic mass is 10.1. The molecule has 0 aliphatic carbocycles. The minimum absolute atomic E-state index is 0. The summed E-state index contributed by atoms with van der Waals surface area (Å²) < 4.78 is 0. The maximum Gasteiger partial charge on any atom is 0.234 e. The number of halogens is 1. The summed E-state index contributed by atoms with van der Waals surface area (Å²) in [6, 6.07) is 10.3. The van der Waals surface area contributed by atoms with Crippen LogP contribution in [0.2, 0.25) is 0 Å². The zero-order valence-electron chi connectivity index (χ0n) is 12.2. The fourth-order valence-corrected chi connectivity index (χ4v) is 1.91. The average molecular weight is 300 g/mol. The second-order valence-corrected chi connectivity index (χ2v) is 4.65. The van der Waals surface area contributed by atoms with Gasteiger partial charge in [-0.1, -0.05) is 37.3 Å². The summed E-state index contributed by atoms with van der Waals surface area (Å²) in [5, 5.41) is 2.90. The first-order valence-electron chi connectivity index (χ1n) is 6.99. The fraction of sp³-hybridized carbons (Fsp3) is 0.533. The van der Waals surface area contributed by atoms with E-state index in [0.717, 1.165) is 32.5 Å². The number of nitrogens with one attached hydrogen (secondary N) is 1. The van der Waals surface area contributed by atoms with E-state index in [-0.39, 0.29) is 18.3 Å². The van der Waals surface area contributed by atoms with Gasteiger partial charge in [-0.2, -0.15) is 0 Å². The minimum atomic E-state index is 0. The van der Waals surface area contributed by atoms with Gasteiger partial charge < -0.3 is 11.1 Å². The maximum atomic E-state index is 11.7. The summed E-state index contributed by atoms with van der Waals surface area (Å²) in [5.74, 6) is 0.0864. The molecular weight excluding hydrogens is 274 g/mol. The molecule has 114 valence electrons. The number of hydrogen-bond donors (Lipinski definition) is 2. The number of amides is 1. The number of carbonyl (C=O) groups is 1. The highest BCUT2D eigenvalue weighted by atomic mass is 35.5. The Hall–Kier alpha value is -1.10. The molecule has 0 spiro atoms. The first kappa shape index (κ1) is 18.9. The molecule has 0 radical (unpaired) electrons. The van der Waals surface area contributed by atoms with E-state index >= 15 is 0 Å². The second kappa shape index (κ2) is 11.7. The number of benzene rings is 1. The molecule has 0 saturated carbocycles. The highest BCUT2D eigenvalue weighted by Crippen LogP contribution is 2.01. The molecule has 0 atom stereocenters. The Bertz CT molecular complexity index is 359. The molecule has 20 heavy (non-hydrogen) atoms. The van der Waals surface area contributed by atoms with Crippen LogP contribution >= 0.6 is 12.4 Å². The monoisotopic (exact) mass is 299 g/mol. The molecule has 0 fully saturated rings. The third kappa shape index (κ3) is 8.15. The predicted molar refractivity (Wildman–Crippen MR) is 86.2 cm³/mol. The average Bonchev–Trinajstić information content (AvgIpc) is 2.44. The normalized spacial score (nSPS) is 10.2. The van der Waals surface area contributed by atoms with Crippen molar-refractivity contribution in [3.05, 3.63) is 35.9 Å². The van der Waals surface area contributed by atoms with E-state index < -0.39 is 0 Å². The van der Waals surface area contributed by atoms with Gasteiger partial charge >= 0.3 is 0 Å². The molecule has 1 amide bonds. The van der Waals surface area contributed by atoms with Gasteiger partial charge in [0.05, 0.1) is 6.54 Å². The molecule has 1 rings (SSSR count). The zero-order valence-corrected chi connectivity index (χ0v) is 13.0. The van der Waals surface area contributed by atoms with Crippen molar-refractivity contribution >= 4 is 18.3 Å². The van der Waals surface area contributed by atoms with Crippen LogP contribution in [-0.4, -0.2) is 43.5 Å². The summed E-state index contributed by atoms with van der Waals surface area (Å²) in [4.78, 5) is 13.8. The molecule has 0 saturated heterocycles. The van der Waals surface area contributed by atoms with Crippen molar-refractivity contribution in [1.29, 1.82) is 0 Å². The summed E-state index contributed by atoms with van der Waals surface area (Å²) in [6.07, 6.45) is 1.91. The van der Waals surface area contributed by atoms with Gasteiger partial charge in [-0.25, -0.2) is 0 Å². The van der Waals surface area contributed by atoms with Crippen LogP contribution in [0.1, 0.15) is 18.9 Å². The fourth-order valence-electron chi connectivity index (χ4n) is 1.91. The summed E-state index contributed by atoms with van der Waals surface area (Å²) in [5.41, 5.74) is 6.89. The molecule has 0 aliphatic rings. The highest BCUT2D eigenvalue weighted by Gasteiger charge is 2.09. The molecule has 1 aromatic carbocycles. The van der Waals surface area contributed by atoms with Crippen LogP contribution < -0.4 is 11.1 Å². The van der Waals surface area contributed by atoms with E-state index in [1.54, 1.807) is 0 Å². The van der Waals surface area contributed by atoms with E-state index in [1.165, 1.54) is 5.56 Å². The number of nitrogens with zero attached hydrogens (tertiary/aromatic N) is 1. The van der Waals surface area contributed by atoms with Crippen LogP contribution in [0.5, 0.6) is 0 Å². The third-order valence-electron chi connectivity index (χ3n) is 2.94. The molecule has 0 aliphatic heterocycles. The Morgan fingerprint density at radius 2 is 1.95 bits per heavy atom. The van der Waals surface area contributed by atoms with Crippen molar-refractivity contribution in [2.24, 2.45) is 5.73 Å². The molecule has 0 bridgehead atoms. The zero-order chi connectivity index (χ0) is 13.9. The van der Waals surface area contributed by atoms with Gasteiger partial charge in [0.2, 0.25) is 5.91 Å². The van der Waals surface area contributed by atoms with Gasteiger partial charge in [0, 0.05) is 26.2 Å². The Balaban J connectivity index is 0.00000361. The highest BCUT2D eigenvalue weighted by molar-refractivity contribution is 5.85. The first-order valence-corrected chi connectivity index (χ1v) is 6.99. The Morgan fingerprint density at radius 1 is 1.25 bits per heavy atom. The van der Waals surface area contributed by atoms with E-state index in [9.17, 15) is 4.79 Å². The van der Waals surface area contributed by atoms with Crippen LogP contribution in [0.25, 0.3) is 0 Å². The summed E-state index contributed by atoms with van der Waals surface area (Å²) in [7, 11) is 0. The molecule has 0 heterocycles. The van der Waals surface area contributed by atoms with Crippen LogP contribution in [0, 0.1) is 0 Å². The largest absolute Gasteiger partial charge is 0.355 e. The van der Waals surface area contributed by atoms with Crippen molar-refractivity contribution in [2.75, 3.05) is 32.7 Å². The molecule has 3 N–H and O–H groups in total. The maximum absolute atomic E-state index is 11.7. The number of carbonyl (C=O) groups excluding carboxylic acids is 1. The molecule has 0 aromatic heterocycles. The quantitative estimate of drug-likeness (QED) is 0.725. The van der Waals surface area contributed by atoms with Crippen molar-refractivity contribution in [3.8, 4) is 0 Å². The molecule has 5 heteroatoms. The molecule has 1 aromatic rings. The van der Waals surface area contributed by atoms with E-state index in [0.29, 0.717) is 13.1 Å². The molecule has 0 unspecified atom stereocenters. The van der Waals surface area contributed by atoms with Gasteiger partial charge in [-0.3, -0.25) is 9.69 Å². The topological polar surface area (TPSA) is 58.4 Å². The van der Waals surface area contributed by atoms with Crippen molar-refractivity contribution in [2.45, 2.75) is 19.8 Å². The van der Waals surface area contributed by atoms with Gasteiger partial charge in [-0.15, -0.1) is 12.4 Å². The summed E-state index contributed by atoms with van der Waals surface area (Å²) >= 11 is 0. The Kier molecular flexibility index (Phi) is 11.1. The van der Waals surface area contributed by atoms with E-state index in [1.807, 2.05) is 25.1 Å². The summed E-state index contributed by atoms with van der Waals surface area (Å²) in [6.45, 7) is 5.42. The lowest BCUT2D eigenvalue weighted by Gasteiger charge is -2.21. The van der Waals surface area contributed by atoms with E-state index in [2.05, 4.69) is 22.3 Å². The van der Waals surface area contributed by atoms with Gasteiger partial charge in [0.1, 0.15) is 0 Å². The minimum Gasteiger partial charge on any atom is -0.355 e. The lowest BCUT2D eigenvalue weighted by Crippen LogP contribution is -2.40. The smallest absolute Gasteiger partial charge is 0.234 e. The van der Waals surface area contributed by atoms with Crippen molar-refractivity contribution < 1.29 is 4.79 Å². The van der Waals surface area contributed by atoms with Crippen molar-refractivity contribution in [3.63, 3.8) is 0 Å².